The molecule has 1 unspecified atom stereocenters. The van der Waals surface area contributed by atoms with Crippen LogP contribution in [0.15, 0.2) is 42.1 Å². The van der Waals surface area contributed by atoms with Crippen molar-refractivity contribution in [2.45, 2.75) is 30.6 Å². The van der Waals surface area contributed by atoms with Gasteiger partial charge in [0.25, 0.3) is 0 Å². The number of carbonyl (C=O) groups excluding carboxylic acids is 1. The Morgan fingerprint density at radius 2 is 2.10 bits per heavy atom. The van der Waals surface area contributed by atoms with Gasteiger partial charge in [-0.15, -0.1) is 16.8 Å². The van der Waals surface area contributed by atoms with E-state index in [9.17, 15) is 17.6 Å². The van der Waals surface area contributed by atoms with Gasteiger partial charge in [0, 0.05) is 26.1 Å². The van der Waals surface area contributed by atoms with Gasteiger partial charge in [0.05, 0.1) is 17.3 Å². The standard InChI is InChI=1S/C19H23FN4O3S2/c1-3-9-24-18(15-8-10-29(26,27)13-15)21-22-19(24)28-12-17(25)23(2)11-14-4-6-16(20)7-5-14/h3-7,15H,1,8-13H2,2H3. The molecule has 7 nitrogen and oxygen atoms in total. The Kier molecular flexibility index (Phi) is 6.74. The van der Waals surface area contributed by atoms with Crippen molar-refractivity contribution in [3.63, 3.8) is 0 Å². The van der Waals surface area contributed by atoms with Crippen molar-refractivity contribution >= 4 is 27.5 Å². The molecule has 1 amide bonds. The monoisotopic (exact) mass is 438 g/mol. The number of rotatable bonds is 8. The van der Waals surface area contributed by atoms with E-state index < -0.39 is 9.84 Å². The van der Waals surface area contributed by atoms with Crippen LogP contribution in [0.2, 0.25) is 0 Å². The Morgan fingerprint density at radius 3 is 2.72 bits per heavy atom. The zero-order valence-electron chi connectivity index (χ0n) is 16.1. The summed E-state index contributed by atoms with van der Waals surface area (Å²) in [7, 11) is -1.34. The quantitative estimate of drug-likeness (QED) is 0.464. The molecule has 2 heterocycles. The number of allylic oxidation sites excluding steroid dienone is 1. The molecule has 10 heteroatoms. The van der Waals surface area contributed by atoms with Crippen molar-refractivity contribution in [3.8, 4) is 0 Å². The first kappa shape index (κ1) is 21.5. The maximum Gasteiger partial charge on any atom is 0.233 e. The van der Waals surface area contributed by atoms with E-state index >= 15 is 0 Å². The number of carbonyl (C=O) groups is 1. The number of hydrogen-bond donors (Lipinski definition) is 0. The van der Waals surface area contributed by atoms with Crippen LogP contribution < -0.4 is 0 Å². The lowest BCUT2D eigenvalue weighted by atomic mass is 10.1. The third-order valence-electron chi connectivity index (χ3n) is 4.74. The summed E-state index contributed by atoms with van der Waals surface area (Å²) in [5.74, 6) is 0.429. The average molecular weight is 439 g/mol. The van der Waals surface area contributed by atoms with E-state index in [1.54, 1.807) is 30.2 Å². The molecule has 29 heavy (non-hydrogen) atoms. The summed E-state index contributed by atoms with van der Waals surface area (Å²) >= 11 is 1.26. The molecule has 2 aromatic rings. The summed E-state index contributed by atoms with van der Waals surface area (Å²) in [6.07, 6.45) is 2.23. The predicted octanol–water partition coefficient (Wildman–Crippen LogP) is 2.26. The summed E-state index contributed by atoms with van der Waals surface area (Å²) < 4.78 is 38.4. The van der Waals surface area contributed by atoms with Gasteiger partial charge in [-0.3, -0.25) is 4.79 Å². The summed E-state index contributed by atoms with van der Waals surface area (Å²) in [4.78, 5) is 14.0. The normalized spacial score (nSPS) is 17.9. The van der Waals surface area contributed by atoms with Crippen LogP contribution in [0, 0.1) is 5.82 Å². The van der Waals surface area contributed by atoms with Crippen molar-refractivity contribution in [1.82, 2.24) is 19.7 Å². The van der Waals surface area contributed by atoms with Crippen LogP contribution >= 0.6 is 11.8 Å². The number of benzene rings is 1. The fourth-order valence-electron chi connectivity index (χ4n) is 3.20. The lowest BCUT2D eigenvalue weighted by Gasteiger charge is -2.17. The van der Waals surface area contributed by atoms with Crippen LogP contribution in [0.25, 0.3) is 0 Å². The summed E-state index contributed by atoms with van der Waals surface area (Å²) in [5, 5.41) is 8.94. The first-order chi connectivity index (χ1) is 13.8. The highest BCUT2D eigenvalue weighted by Gasteiger charge is 2.33. The fourth-order valence-corrected chi connectivity index (χ4v) is 5.83. The largest absolute Gasteiger partial charge is 0.341 e. The fraction of sp³-hybridized carbons (Fsp3) is 0.421. The zero-order chi connectivity index (χ0) is 21.0. The average Bonchev–Trinajstić information content (AvgIpc) is 3.24. The highest BCUT2D eigenvalue weighted by Crippen LogP contribution is 2.30. The van der Waals surface area contributed by atoms with Gasteiger partial charge in [-0.1, -0.05) is 30.0 Å². The minimum Gasteiger partial charge on any atom is -0.341 e. The van der Waals surface area contributed by atoms with Crippen molar-refractivity contribution in [2.24, 2.45) is 0 Å². The SMILES string of the molecule is C=CCn1c(SCC(=O)N(C)Cc2ccc(F)cc2)nnc1C1CCS(=O)(=O)C1. The first-order valence-corrected chi connectivity index (χ1v) is 12.0. The number of amides is 1. The second-order valence-corrected chi connectivity index (χ2v) is 10.2. The molecule has 0 spiro atoms. The molecular formula is C19H23FN4O3S2. The molecule has 0 N–H and O–H groups in total. The van der Waals surface area contributed by atoms with E-state index in [0.717, 1.165) is 5.56 Å². The van der Waals surface area contributed by atoms with Crippen molar-refractivity contribution in [2.75, 3.05) is 24.3 Å². The van der Waals surface area contributed by atoms with Gasteiger partial charge < -0.3 is 9.47 Å². The summed E-state index contributed by atoms with van der Waals surface area (Å²) in [6.45, 7) is 4.57. The molecule has 1 aromatic carbocycles. The molecule has 156 valence electrons. The Balaban J connectivity index is 1.64. The maximum absolute atomic E-state index is 13.0. The lowest BCUT2D eigenvalue weighted by Crippen LogP contribution is -2.28. The van der Waals surface area contributed by atoms with Gasteiger partial charge in [0.2, 0.25) is 5.91 Å². The van der Waals surface area contributed by atoms with E-state index in [-0.39, 0.29) is 34.9 Å². The number of nitrogens with zero attached hydrogens (tertiary/aromatic N) is 4. The summed E-state index contributed by atoms with van der Waals surface area (Å²) in [5.41, 5.74) is 0.840. The van der Waals surface area contributed by atoms with Gasteiger partial charge in [-0.05, 0) is 24.1 Å². The van der Waals surface area contributed by atoms with Crippen LogP contribution in [-0.4, -0.2) is 58.3 Å². The van der Waals surface area contributed by atoms with Crippen LogP contribution in [0.5, 0.6) is 0 Å². The number of thioether (sulfide) groups is 1. The third kappa shape index (κ3) is 5.45. The number of halogens is 1. The van der Waals surface area contributed by atoms with E-state index in [1.807, 2.05) is 4.57 Å². The van der Waals surface area contributed by atoms with E-state index in [1.165, 1.54) is 23.9 Å². The molecule has 0 aliphatic carbocycles. The highest BCUT2D eigenvalue weighted by molar-refractivity contribution is 7.99. The molecular weight excluding hydrogens is 415 g/mol. The molecule has 3 rings (SSSR count). The predicted molar refractivity (Wildman–Crippen MR) is 110 cm³/mol. The molecule has 1 fully saturated rings. The smallest absolute Gasteiger partial charge is 0.233 e. The molecule has 1 aliphatic heterocycles. The van der Waals surface area contributed by atoms with Gasteiger partial charge in [-0.25, -0.2) is 12.8 Å². The second kappa shape index (κ2) is 9.08. The minimum atomic E-state index is -3.03. The van der Waals surface area contributed by atoms with Crippen molar-refractivity contribution in [1.29, 1.82) is 0 Å². The first-order valence-electron chi connectivity index (χ1n) is 9.14. The minimum absolute atomic E-state index is 0.0757. The van der Waals surface area contributed by atoms with Gasteiger partial charge in [0.1, 0.15) is 11.6 Å². The molecule has 1 saturated heterocycles. The van der Waals surface area contributed by atoms with E-state index in [0.29, 0.717) is 30.5 Å². The number of hydrogen-bond acceptors (Lipinski definition) is 6. The molecule has 0 bridgehead atoms. The van der Waals surface area contributed by atoms with E-state index in [2.05, 4.69) is 16.8 Å². The molecule has 1 atom stereocenters. The van der Waals surface area contributed by atoms with E-state index in [4.69, 9.17) is 0 Å². The topological polar surface area (TPSA) is 85.2 Å². The number of aromatic nitrogens is 3. The van der Waals surface area contributed by atoms with Crippen LogP contribution in [0.4, 0.5) is 4.39 Å². The Bertz CT molecular complexity index is 989. The summed E-state index contributed by atoms with van der Waals surface area (Å²) in [6, 6.07) is 6.03. The molecule has 0 radical (unpaired) electrons. The number of sulfone groups is 1. The van der Waals surface area contributed by atoms with Crippen LogP contribution in [0.3, 0.4) is 0 Å². The van der Waals surface area contributed by atoms with Gasteiger partial charge in [-0.2, -0.15) is 0 Å². The molecule has 1 aliphatic rings. The van der Waals surface area contributed by atoms with Gasteiger partial charge >= 0.3 is 0 Å². The van der Waals surface area contributed by atoms with Crippen molar-refractivity contribution in [3.05, 3.63) is 54.1 Å². The molecule has 0 saturated carbocycles. The van der Waals surface area contributed by atoms with Gasteiger partial charge in [0.15, 0.2) is 15.0 Å². The zero-order valence-corrected chi connectivity index (χ0v) is 17.8. The van der Waals surface area contributed by atoms with Crippen LogP contribution in [-0.2, 0) is 27.7 Å². The Labute approximate surface area is 173 Å². The third-order valence-corrected chi connectivity index (χ3v) is 7.46. The highest BCUT2D eigenvalue weighted by atomic mass is 32.2. The molecule has 1 aromatic heterocycles. The van der Waals surface area contributed by atoms with Crippen LogP contribution in [0.1, 0.15) is 23.7 Å². The Hall–Kier alpha value is -2.20. The second-order valence-electron chi connectivity index (χ2n) is 7.00. The lowest BCUT2D eigenvalue weighted by molar-refractivity contribution is -0.127. The van der Waals surface area contributed by atoms with Crippen molar-refractivity contribution < 1.29 is 17.6 Å². The Morgan fingerprint density at radius 1 is 1.38 bits per heavy atom. The maximum atomic E-state index is 13.0.